The van der Waals surface area contributed by atoms with E-state index in [4.69, 9.17) is 21.1 Å². The molecular weight excluding hydrogens is 655 g/mol. The highest BCUT2D eigenvalue weighted by atomic mass is 127. The Kier molecular flexibility index (Phi) is 7.66. The van der Waals surface area contributed by atoms with Crippen LogP contribution in [-0.2, 0) is 9.53 Å². The van der Waals surface area contributed by atoms with Gasteiger partial charge in [-0.1, -0.05) is 57.1 Å². The molecule has 1 atom stereocenters. The van der Waals surface area contributed by atoms with E-state index in [2.05, 4.69) is 43.5 Å². The van der Waals surface area contributed by atoms with E-state index < -0.39 is 12.0 Å². The third-order valence-corrected chi connectivity index (χ3v) is 7.83. The van der Waals surface area contributed by atoms with Crippen molar-refractivity contribution in [2.24, 2.45) is 4.99 Å². The molecule has 0 unspecified atom stereocenters. The second-order valence-corrected chi connectivity index (χ2v) is 10.8. The van der Waals surface area contributed by atoms with Crippen LogP contribution in [0.1, 0.15) is 31.0 Å². The van der Waals surface area contributed by atoms with Crippen LogP contribution in [0, 0.1) is 3.57 Å². The molecule has 3 aromatic rings. The van der Waals surface area contributed by atoms with E-state index in [0.717, 1.165) is 13.6 Å². The normalized spacial score (nSPS) is 15.7. The van der Waals surface area contributed by atoms with Crippen molar-refractivity contribution in [3.8, 4) is 5.75 Å². The van der Waals surface area contributed by atoms with E-state index in [1.54, 1.807) is 39.2 Å². The SMILES string of the molecule is CCOC(=O)C1=C(C)N=c2s/c(=C\c3cc(Br)cc(I)c3OC)c(=O)n2[C@H]1c1ccccc1Cl. The molecule has 6 nitrogen and oxygen atoms in total. The summed E-state index contributed by atoms with van der Waals surface area (Å²) in [6.45, 7) is 3.68. The number of hydrogen-bond acceptors (Lipinski definition) is 6. The van der Waals surface area contributed by atoms with Gasteiger partial charge >= 0.3 is 5.97 Å². The van der Waals surface area contributed by atoms with Crippen LogP contribution in [0.3, 0.4) is 0 Å². The van der Waals surface area contributed by atoms with Gasteiger partial charge in [-0.3, -0.25) is 9.36 Å². The Morgan fingerprint density at radius 1 is 1.35 bits per heavy atom. The minimum Gasteiger partial charge on any atom is -0.495 e. The number of carbonyl (C=O) groups is 1. The zero-order valence-corrected chi connectivity index (χ0v) is 23.7. The Bertz CT molecular complexity index is 1510. The minimum absolute atomic E-state index is 0.205. The summed E-state index contributed by atoms with van der Waals surface area (Å²) in [6.07, 6.45) is 1.78. The van der Waals surface area contributed by atoms with Gasteiger partial charge in [0.15, 0.2) is 4.80 Å². The molecule has 0 N–H and O–H groups in total. The van der Waals surface area contributed by atoms with Crippen molar-refractivity contribution >= 4 is 73.5 Å². The van der Waals surface area contributed by atoms with Gasteiger partial charge in [0, 0.05) is 15.1 Å². The van der Waals surface area contributed by atoms with Crippen molar-refractivity contribution in [1.82, 2.24) is 4.57 Å². The van der Waals surface area contributed by atoms with E-state index in [-0.39, 0.29) is 12.2 Å². The van der Waals surface area contributed by atoms with Crippen molar-refractivity contribution in [2.75, 3.05) is 13.7 Å². The van der Waals surface area contributed by atoms with E-state index in [0.29, 0.717) is 36.9 Å². The average Bonchev–Trinajstić information content (AvgIpc) is 3.07. The second kappa shape index (κ2) is 10.3. The number of thiazole rings is 1. The molecule has 1 aliphatic heterocycles. The van der Waals surface area contributed by atoms with Gasteiger partial charge in [-0.2, -0.15) is 0 Å². The third kappa shape index (κ3) is 4.62. The van der Waals surface area contributed by atoms with E-state index in [9.17, 15) is 9.59 Å². The summed E-state index contributed by atoms with van der Waals surface area (Å²) in [5, 5.41) is 0.446. The number of hydrogen-bond donors (Lipinski definition) is 0. The topological polar surface area (TPSA) is 69.9 Å². The number of aromatic nitrogens is 1. The number of fused-ring (bicyclic) bond motifs is 1. The summed E-state index contributed by atoms with van der Waals surface area (Å²) < 4.78 is 14.6. The fourth-order valence-corrected chi connectivity index (χ4v) is 6.87. The smallest absolute Gasteiger partial charge is 0.338 e. The molecule has 176 valence electrons. The standard InChI is InChI=1S/C24H19BrClIN2O4S/c1-4-33-23(31)19-12(2)28-24-29(20(19)15-7-5-6-8-16(15)26)22(30)18(34-24)10-13-9-14(25)11-17(27)21(13)32-3/h5-11,20H,4H2,1-3H3/b18-10-/t20-/m0/s1. The maximum Gasteiger partial charge on any atom is 0.338 e. The number of methoxy groups -OCH3 is 1. The van der Waals surface area contributed by atoms with Crippen molar-refractivity contribution in [3.05, 3.63) is 91.5 Å². The number of carbonyl (C=O) groups excluding carboxylic acids is 1. The second-order valence-electron chi connectivity index (χ2n) is 7.33. The van der Waals surface area contributed by atoms with Gasteiger partial charge in [-0.15, -0.1) is 0 Å². The van der Waals surface area contributed by atoms with Gasteiger partial charge in [0.25, 0.3) is 5.56 Å². The lowest BCUT2D eigenvalue weighted by Crippen LogP contribution is -2.40. The first-order valence-corrected chi connectivity index (χ1v) is 13.3. The minimum atomic E-state index is -0.754. The summed E-state index contributed by atoms with van der Waals surface area (Å²) in [6, 6.07) is 10.2. The monoisotopic (exact) mass is 672 g/mol. The van der Waals surface area contributed by atoms with E-state index in [1.807, 2.05) is 24.3 Å². The van der Waals surface area contributed by atoms with Crippen LogP contribution < -0.4 is 19.6 Å². The molecule has 0 fully saturated rings. The molecule has 0 radical (unpaired) electrons. The van der Waals surface area contributed by atoms with Gasteiger partial charge in [0.2, 0.25) is 0 Å². The molecule has 0 spiro atoms. The van der Waals surface area contributed by atoms with Gasteiger partial charge in [0.05, 0.1) is 33.1 Å². The van der Waals surface area contributed by atoms with Crippen molar-refractivity contribution in [2.45, 2.75) is 19.9 Å². The zero-order chi connectivity index (χ0) is 24.6. The average molecular weight is 674 g/mol. The highest BCUT2D eigenvalue weighted by molar-refractivity contribution is 14.1. The fraction of sp³-hybridized carbons (Fsp3) is 0.208. The predicted molar refractivity (Wildman–Crippen MR) is 145 cm³/mol. The molecule has 0 saturated carbocycles. The number of halogens is 3. The van der Waals surface area contributed by atoms with Gasteiger partial charge < -0.3 is 9.47 Å². The van der Waals surface area contributed by atoms with Crippen LogP contribution in [-0.4, -0.2) is 24.3 Å². The summed E-state index contributed by atoms with van der Waals surface area (Å²) in [5.74, 6) is 0.145. The third-order valence-electron chi connectivity index (χ3n) is 5.24. The van der Waals surface area contributed by atoms with Gasteiger partial charge in [-0.05, 0) is 66.3 Å². The van der Waals surface area contributed by atoms with Crippen LogP contribution in [0.2, 0.25) is 5.02 Å². The highest BCUT2D eigenvalue weighted by Gasteiger charge is 2.34. The van der Waals surface area contributed by atoms with Crippen LogP contribution in [0.25, 0.3) is 6.08 Å². The number of ether oxygens (including phenoxy) is 2. The molecule has 0 amide bonds. The molecule has 4 rings (SSSR count). The Morgan fingerprint density at radius 3 is 2.76 bits per heavy atom. The molecular formula is C24H19BrClIN2O4S. The Hall–Kier alpha value is -1.95. The summed E-state index contributed by atoms with van der Waals surface area (Å²) in [7, 11) is 1.59. The largest absolute Gasteiger partial charge is 0.495 e. The quantitative estimate of drug-likeness (QED) is 0.288. The zero-order valence-electron chi connectivity index (χ0n) is 18.4. The number of nitrogens with zero attached hydrogens (tertiary/aromatic N) is 2. The Balaban J connectivity index is 2.01. The summed E-state index contributed by atoms with van der Waals surface area (Å²) in [4.78, 5) is 31.8. The maximum absolute atomic E-state index is 13.7. The Morgan fingerprint density at radius 2 is 2.09 bits per heavy atom. The lowest BCUT2D eigenvalue weighted by molar-refractivity contribution is -0.139. The Labute approximate surface area is 226 Å². The van der Waals surface area contributed by atoms with Gasteiger partial charge in [-0.25, -0.2) is 9.79 Å². The van der Waals surface area contributed by atoms with Crippen molar-refractivity contribution in [1.29, 1.82) is 0 Å². The molecule has 0 aliphatic carbocycles. The number of allylic oxidation sites excluding steroid dienone is 1. The molecule has 2 aromatic carbocycles. The maximum atomic E-state index is 13.7. The van der Waals surface area contributed by atoms with E-state index in [1.165, 1.54) is 15.9 Å². The summed E-state index contributed by atoms with van der Waals surface area (Å²) >= 11 is 13.5. The van der Waals surface area contributed by atoms with Crippen molar-refractivity contribution in [3.63, 3.8) is 0 Å². The van der Waals surface area contributed by atoms with Gasteiger partial charge in [0.1, 0.15) is 11.8 Å². The van der Waals surface area contributed by atoms with Crippen LogP contribution >= 0.6 is 61.5 Å². The first-order valence-electron chi connectivity index (χ1n) is 10.2. The first-order chi connectivity index (χ1) is 16.3. The molecule has 1 aromatic heterocycles. The molecule has 2 heterocycles. The number of rotatable bonds is 5. The highest BCUT2D eigenvalue weighted by Crippen LogP contribution is 2.34. The molecule has 1 aliphatic rings. The van der Waals surface area contributed by atoms with Crippen molar-refractivity contribution < 1.29 is 14.3 Å². The fourth-order valence-electron chi connectivity index (χ4n) is 3.83. The predicted octanol–water partition coefficient (Wildman–Crippen LogP) is 4.83. The molecule has 0 bridgehead atoms. The first kappa shape index (κ1) is 25.2. The lowest BCUT2D eigenvalue weighted by atomic mass is 9.96. The molecule has 34 heavy (non-hydrogen) atoms. The molecule has 10 heteroatoms. The van der Waals surface area contributed by atoms with Crippen LogP contribution in [0.4, 0.5) is 0 Å². The molecule has 0 saturated heterocycles. The lowest BCUT2D eigenvalue weighted by Gasteiger charge is -2.25. The van der Waals surface area contributed by atoms with Crippen LogP contribution in [0.5, 0.6) is 5.75 Å². The number of benzene rings is 2. The number of esters is 1. The van der Waals surface area contributed by atoms with E-state index >= 15 is 0 Å². The van der Waals surface area contributed by atoms with Crippen LogP contribution in [0.15, 0.2) is 61.9 Å². The summed E-state index contributed by atoms with van der Waals surface area (Å²) in [5.41, 5.74) is 1.89.